The summed E-state index contributed by atoms with van der Waals surface area (Å²) in [5.74, 6) is -0.265. The van der Waals surface area contributed by atoms with Crippen LogP contribution in [0.1, 0.15) is 28.8 Å². The van der Waals surface area contributed by atoms with Gasteiger partial charge in [0.2, 0.25) is 0 Å². The van der Waals surface area contributed by atoms with Gasteiger partial charge in [0.05, 0.1) is 16.0 Å². The summed E-state index contributed by atoms with van der Waals surface area (Å²) in [6.07, 6.45) is 1.47. The number of carbonyl (C=O) groups is 1. The van der Waals surface area contributed by atoms with Crippen LogP contribution < -0.4 is 4.72 Å². The van der Waals surface area contributed by atoms with Crippen molar-refractivity contribution in [3.05, 3.63) is 96.1 Å². The van der Waals surface area contributed by atoms with Crippen LogP contribution in [-0.4, -0.2) is 57.1 Å². The molecular weight excluding hydrogens is 538 g/mol. The number of hydrogen-bond donors (Lipinski definition) is 2. The Balaban J connectivity index is 1.26. The van der Waals surface area contributed by atoms with E-state index in [0.29, 0.717) is 16.6 Å². The Morgan fingerprint density at radius 3 is 2.21 bits per heavy atom. The molecule has 4 aromatic rings. The molecule has 0 bridgehead atoms. The van der Waals surface area contributed by atoms with E-state index >= 15 is 0 Å². The molecular formula is C28H27N3O6S2. The Kier molecular flexibility index (Phi) is 6.91. The van der Waals surface area contributed by atoms with Gasteiger partial charge in [-0.2, -0.15) is 8.42 Å². The molecule has 2 heterocycles. The van der Waals surface area contributed by atoms with E-state index in [4.69, 9.17) is 0 Å². The molecule has 0 unspecified atom stereocenters. The van der Waals surface area contributed by atoms with Crippen LogP contribution in [0.3, 0.4) is 0 Å². The number of aliphatic hydroxyl groups is 1. The van der Waals surface area contributed by atoms with E-state index < -0.39 is 25.5 Å². The Morgan fingerprint density at radius 1 is 0.872 bits per heavy atom. The fourth-order valence-electron chi connectivity index (χ4n) is 4.79. The van der Waals surface area contributed by atoms with E-state index in [-0.39, 0.29) is 47.4 Å². The molecule has 9 nitrogen and oxygen atoms in total. The predicted octanol–water partition coefficient (Wildman–Crippen LogP) is 3.56. The first kappa shape index (κ1) is 26.8. The molecule has 2 N–H and O–H groups in total. The Bertz CT molecular complexity index is 1760. The molecule has 0 spiro atoms. The third-order valence-electron chi connectivity index (χ3n) is 6.90. The summed E-state index contributed by atoms with van der Waals surface area (Å²) in [5, 5.41) is 12.0. The van der Waals surface area contributed by atoms with Crippen LogP contribution in [0.25, 0.3) is 10.9 Å². The van der Waals surface area contributed by atoms with Gasteiger partial charge in [-0.15, -0.1) is 0 Å². The topological polar surface area (TPSA) is 134 Å². The highest BCUT2D eigenvalue weighted by Crippen LogP contribution is 2.36. The second kappa shape index (κ2) is 10.1. The smallest absolute Gasteiger partial charge is 0.279 e. The highest BCUT2D eigenvalue weighted by molar-refractivity contribution is 7.92. The van der Waals surface area contributed by atoms with Gasteiger partial charge in [-0.1, -0.05) is 36.4 Å². The Morgan fingerprint density at radius 2 is 1.51 bits per heavy atom. The van der Waals surface area contributed by atoms with E-state index in [2.05, 4.69) is 9.71 Å². The van der Waals surface area contributed by atoms with Crippen LogP contribution in [0.15, 0.2) is 94.9 Å². The highest BCUT2D eigenvalue weighted by Gasteiger charge is 2.38. The molecule has 0 aliphatic carbocycles. The van der Waals surface area contributed by atoms with Crippen LogP contribution in [0, 0.1) is 0 Å². The molecule has 1 aliphatic rings. The summed E-state index contributed by atoms with van der Waals surface area (Å²) in [6, 6.07) is 22.8. The number of benzene rings is 3. The second-order valence-corrected chi connectivity index (χ2v) is 13.2. The fourth-order valence-corrected chi connectivity index (χ4v) is 6.79. The van der Waals surface area contributed by atoms with Crippen molar-refractivity contribution in [2.75, 3.05) is 24.1 Å². The number of nitrogens with zero attached hydrogens (tertiary/aromatic N) is 2. The average Bonchev–Trinajstić information content (AvgIpc) is 2.92. The molecule has 11 heteroatoms. The van der Waals surface area contributed by atoms with Crippen molar-refractivity contribution in [3.8, 4) is 0 Å². The van der Waals surface area contributed by atoms with Crippen molar-refractivity contribution < 1.29 is 26.7 Å². The van der Waals surface area contributed by atoms with Gasteiger partial charge in [0.1, 0.15) is 0 Å². The molecule has 0 atom stereocenters. The number of sulfonamides is 1. The van der Waals surface area contributed by atoms with E-state index in [1.807, 2.05) is 12.1 Å². The molecule has 1 fully saturated rings. The van der Waals surface area contributed by atoms with Crippen molar-refractivity contribution in [3.63, 3.8) is 0 Å². The number of rotatable bonds is 6. The quantitative estimate of drug-likeness (QED) is 0.365. The summed E-state index contributed by atoms with van der Waals surface area (Å²) >= 11 is 0. The summed E-state index contributed by atoms with van der Waals surface area (Å²) in [4.78, 5) is 19.0. The molecule has 39 heavy (non-hydrogen) atoms. The lowest BCUT2D eigenvalue weighted by atomic mass is 9.84. The predicted molar refractivity (Wildman–Crippen MR) is 148 cm³/mol. The third-order valence-corrected chi connectivity index (χ3v) is 9.34. The van der Waals surface area contributed by atoms with Crippen LogP contribution in [0.2, 0.25) is 0 Å². The average molecular weight is 566 g/mol. The second-order valence-electron chi connectivity index (χ2n) is 9.62. The van der Waals surface area contributed by atoms with Crippen molar-refractivity contribution in [1.82, 2.24) is 9.88 Å². The summed E-state index contributed by atoms with van der Waals surface area (Å²) in [6.45, 7) is 0.463. The lowest BCUT2D eigenvalue weighted by Crippen LogP contribution is -2.45. The molecule has 1 aliphatic heterocycles. The van der Waals surface area contributed by atoms with Crippen LogP contribution >= 0.6 is 0 Å². The first-order valence-electron chi connectivity index (χ1n) is 12.3. The zero-order chi connectivity index (χ0) is 27.8. The van der Waals surface area contributed by atoms with Gasteiger partial charge < -0.3 is 10.0 Å². The van der Waals surface area contributed by atoms with Crippen molar-refractivity contribution in [2.45, 2.75) is 28.4 Å². The lowest BCUT2D eigenvalue weighted by Gasteiger charge is -2.39. The number of fused-ring (bicyclic) bond motifs is 1. The maximum atomic E-state index is 13.1. The van der Waals surface area contributed by atoms with Gasteiger partial charge in [-0.25, -0.2) is 13.4 Å². The van der Waals surface area contributed by atoms with Gasteiger partial charge in [0.15, 0.2) is 14.9 Å². The molecule has 1 saturated heterocycles. The van der Waals surface area contributed by atoms with Crippen molar-refractivity contribution in [1.29, 1.82) is 0 Å². The molecule has 202 valence electrons. The number of piperidine rings is 1. The standard InChI is InChI=1S/C28H27N3O6S2/c1-38(34,35)25-9-5-3-7-23(25)28(33)16-18-31(19-17-28)27(32)21-10-13-22(14-11-21)30-39(36,37)26-15-12-20-6-2-4-8-24(20)29-26/h2-15,30,33H,16-19H2,1H3. The monoisotopic (exact) mass is 565 g/mol. The first-order valence-corrected chi connectivity index (χ1v) is 15.6. The number of aromatic nitrogens is 1. The van der Waals surface area contributed by atoms with E-state index in [9.17, 15) is 26.7 Å². The zero-order valence-corrected chi connectivity index (χ0v) is 22.7. The maximum Gasteiger partial charge on any atom is 0.279 e. The molecule has 0 radical (unpaired) electrons. The minimum Gasteiger partial charge on any atom is -0.385 e. The highest BCUT2D eigenvalue weighted by atomic mass is 32.2. The minimum absolute atomic E-state index is 0.0872. The third kappa shape index (κ3) is 5.51. The molecule has 0 saturated carbocycles. The Hall–Kier alpha value is -3.80. The lowest BCUT2D eigenvalue weighted by molar-refractivity contribution is -0.0232. The van der Waals surface area contributed by atoms with Crippen LogP contribution in [-0.2, 0) is 25.5 Å². The van der Waals surface area contributed by atoms with Gasteiger partial charge in [0, 0.05) is 41.5 Å². The van der Waals surface area contributed by atoms with E-state index in [1.165, 1.54) is 36.4 Å². The summed E-state index contributed by atoms with van der Waals surface area (Å²) < 4.78 is 52.7. The Labute approximate surface area is 227 Å². The number of carbonyl (C=O) groups excluding carboxylic acids is 1. The number of para-hydroxylation sites is 1. The number of sulfone groups is 1. The number of nitrogens with one attached hydrogen (secondary N) is 1. The van der Waals surface area contributed by atoms with Crippen molar-refractivity contribution in [2.24, 2.45) is 0 Å². The molecule has 5 rings (SSSR count). The number of pyridine rings is 1. The van der Waals surface area contributed by atoms with Gasteiger partial charge in [-0.05, 0) is 61.4 Å². The van der Waals surface area contributed by atoms with Crippen molar-refractivity contribution >= 4 is 42.4 Å². The van der Waals surface area contributed by atoms with Gasteiger partial charge >= 0.3 is 0 Å². The molecule has 1 aromatic heterocycles. The van der Waals surface area contributed by atoms with Crippen LogP contribution in [0.4, 0.5) is 5.69 Å². The van der Waals surface area contributed by atoms with Crippen LogP contribution in [0.5, 0.6) is 0 Å². The first-order chi connectivity index (χ1) is 18.5. The van der Waals surface area contributed by atoms with E-state index in [0.717, 1.165) is 11.6 Å². The summed E-state index contributed by atoms with van der Waals surface area (Å²) in [7, 11) is -7.47. The molecule has 3 aromatic carbocycles. The number of likely N-dealkylation sites (tertiary alicyclic amines) is 1. The normalized spacial score (nSPS) is 15.7. The SMILES string of the molecule is CS(=O)(=O)c1ccccc1C1(O)CCN(C(=O)c2ccc(NS(=O)(=O)c3ccc4ccccc4n3)cc2)CC1. The zero-order valence-electron chi connectivity index (χ0n) is 21.1. The number of anilines is 1. The fraction of sp³-hybridized carbons (Fsp3) is 0.214. The number of amides is 1. The summed E-state index contributed by atoms with van der Waals surface area (Å²) in [5.41, 5.74) is 0.192. The minimum atomic E-state index is -3.94. The largest absolute Gasteiger partial charge is 0.385 e. The maximum absolute atomic E-state index is 13.1. The number of hydrogen-bond acceptors (Lipinski definition) is 7. The van der Waals surface area contributed by atoms with Gasteiger partial charge in [-0.3, -0.25) is 9.52 Å². The van der Waals surface area contributed by atoms with E-state index in [1.54, 1.807) is 41.3 Å². The molecule has 1 amide bonds. The van der Waals surface area contributed by atoms with Gasteiger partial charge in [0.25, 0.3) is 15.9 Å².